The van der Waals surface area contributed by atoms with Gasteiger partial charge in [-0.2, -0.15) is 0 Å². The molecule has 0 aromatic heterocycles. The monoisotopic (exact) mass is 1520 g/mol. The molecule has 9 heterocycles. The molecule has 1 amide bonds. The third kappa shape index (κ3) is 18.0. The first-order valence-electron chi connectivity index (χ1n) is 32.7. The van der Waals surface area contributed by atoms with Gasteiger partial charge in [0.05, 0.1) is 59.5 Å². The van der Waals surface area contributed by atoms with Gasteiger partial charge in [0.15, 0.2) is 56.6 Å². The van der Waals surface area contributed by atoms with Crippen molar-refractivity contribution in [2.75, 3.05) is 59.5 Å². The number of rotatable bonds is 26. The maximum absolute atomic E-state index is 12.3. The van der Waals surface area contributed by atoms with Crippen LogP contribution in [0, 0.1) is 0 Å². The van der Waals surface area contributed by atoms with Crippen LogP contribution in [0.2, 0.25) is 0 Å². The lowest BCUT2D eigenvalue weighted by Crippen LogP contribution is -2.69. The van der Waals surface area contributed by atoms with Crippen molar-refractivity contribution >= 4 is 5.91 Å². The summed E-state index contributed by atoms with van der Waals surface area (Å²) in [6.07, 6.45) is -92.2. The largest absolute Gasteiger partial charge is 0.394 e. The number of hydrogen-bond donors (Lipinski definition) is 29. The van der Waals surface area contributed by atoms with Gasteiger partial charge in [-0.05, 0) is 0 Å². The van der Waals surface area contributed by atoms with E-state index in [1.165, 1.54) is 0 Å². The second-order valence-corrected chi connectivity index (χ2v) is 26.0. The van der Waals surface area contributed by atoms with Crippen LogP contribution >= 0.6 is 0 Å². The number of carbonyl (C=O) groups excluding carboxylic acids is 1. The zero-order valence-corrected chi connectivity index (χ0v) is 54.2. The van der Waals surface area contributed by atoms with Crippen LogP contribution in [-0.2, 0) is 85.3 Å². The second kappa shape index (κ2) is 36.7. The van der Waals surface area contributed by atoms with Crippen LogP contribution in [0.3, 0.4) is 0 Å². The molecule has 0 aromatic carbocycles. The second-order valence-electron chi connectivity index (χ2n) is 26.0. The summed E-state index contributed by atoms with van der Waals surface area (Å²) in [4.78, 5) is 12.2. The number of nitrogens with one attached hydrogen (secondary N) is 1. The Kier molecular flexibility index (Phi) is 30.2. The van der Waals surface area contributed by atoms with E-state index in [0.29, 0.717) is 0 Å². The van der Waals surface area contributed by atoms with Gasteiger partial charge in [0, 0.05) is 6.92 Å². The molecule has 0 saturated carbocycles. The molecule has 47 heteroatoms. The highest BCUT2D eigenvalue weighted by atomic mass is 16.8. The topological polar surface area (TPSA) is 752 Å². The van der Waals surface area contributed by atoms with Crippen LogP contribution in [0.25, 0.3) is 0 Å². The van der Waals surface area contributed by atoms with Gasteiger partial charge in [-0.15, -0.1) is 0 Å². The summed E-state index contributed by atoms with van der Waals surface area (Å²) in [7, 11) is 0. The van der Waals surface area contributed by atoms with Gasteiger partial charge in [-0.3, -0.25) is 4.79 Å². The summed E-state index contributed by atoms with van der Waals surface area (Å²) in [5, 5.41) is 308. The van der Waals surface area contributed by atoms with Gasteiger partial charge < -0.3 is 229 Å². The lowest BCUT2D eigenvalue weighted by atomic mass is 9.94. The summed E-state index contributed by atoms with van der Waals surface area (Å²) in [6, 6.07) is -1.75. The molecule has 0 aromatic rings. The number of aliphatic hydroxyl groups is 28. The van der Waals surface area contributed by atoms with Crippen molar-refractivity contribution in [1.82, 2.24) is 5.32 Å². The van der Waals surface area contributed by atoms with Gasteiger partial charge >= 0.3 is 0 Å². The molecule has 9 aliphatic heterocycles. The minimum absolute atomic E-state index is 0.841. The fourth-order valence-corrected chi connectivity index (χ4v) is 13.1. The van der Waals surface area contributed by atoms with Crippen molar-refractivity contribution in [3.63, 3.8) is 0 Å². The Morgan fingerprint density at radius 1 is 0.252 bits per heavy atom. The van der Waals surface area contributed by atoms with E-state index in [-0.39, 0.29) is 0 Å². The molecule has 9 saturated heterocycles. The highest BCUT2D eigenvalue weighted by molar-refractivity contribution is 5.73. The SMILES string of the molecule is CC(=O)N[C@H]1C(O)O[C@H](CO)[C@@H](O[C@@H]2O[C@H](CO[C@H]3O[C@H](CO[C@H]4O[C@H](CO)[C@@H](O)[C@H](O)[C@@H]4O)[C@@H](O)[C@H](O[C@H]4O[C@H](CO)[C@@H](O)[C@H](O)[C@@H]4O)[C@@H]3O)[C@@H](O)[C@H](O[C@H]3O[C@H](CO)[C@@H](O)[C@H](O[C@H]4O[C@H](CO)[C@@H](O)[C@H](O[C@H]5O[C@H](CO)[C@@H](O)[C@H](O)[C@H]5O[C@H]5O[C@H](CO)[C@@H](O)[C@H](O)[C@H]5O)[C@H]4O)[C@@H]3O)[C@@H]2O)[C@@H]1O. The van der Waals surface area contributed by atoms with E-state index in [1.807, 2.05) is 0 Å². The third-order valence-electron chi connectivity index (χ3n) is 19.1. The van der Waals surface area contributed by atoms with Crippen molar-refractivity contribution in [2.45, 2.75) is 283 Å². The predicted octanol–water partition coefficient (Wildman–Crippen LogP) is -20.5. The van der Waals surface area contributed by atoms with Crippen LogP contribution < -0.4 is 5.32 Å². The fourth-order valence-electron chi connectivity index (χ4n) is 13.1. The molecule has 103 heavy (non-hydrogen) atoms. The maximum Gasteiger partial charge on any atom is 0.217 e. The Hall–Kier alpha value is -2.33. The third-order valence-corrected chi connectivity index (χ3v) is 19.1. The highest BCUT2D eigenvalue weighted by Crippen LogP contribution is 2.39. The molecule has 1 unspecified atom stereocenters. The molecule has 9 fully saturated rings. The van der Waals surface area contributed by atoms with Crippen LogP contribution in [0.4, 0.5) is 0 Å². The summed E-state index contributed by atoms with van der Waals surface area (Å²) in [6.45, 7) is -8.53. The van der Waals surface area contributed by atoms with Crippen molar-refractivity contribution < 1.29 is 228 Å². The maximum atomic E-state index is 12.3. The summed E-state index contributed by atoms with van der Waals surface area (Å²) in [5.74, 6) is -0.841. The van der Waals surface area contributed by atoms with E-state index in [2.05, 4.69) is 5.32 Å². The lowest BCUT2D eigenvalue weighted by molar-refractivity contribution is -0.402. The Bertz CT molecular complexity index is 2580. The van der Waals surface area contributed by atoms with Crippen LogP contribution in [0.15, 0.2) is 0 Å². The molecule has 45 atom stereocenters. The van der Waals surface area contributed by atoms with Gasteiger partial charge in [-0.1, -0.05) is 0 Å². The minimum Gasteiger partial charge on any atom is -0.394 e. The zero-order chi connectivity index (χ0) is 75.6. The first-order valence-corrected chi connectivity index (χ1v) is 32.7. The lowest BCUT2D eigenvalue weighted by Gasteiger charge is -2.50. The molecule has 9 rings (SSSR count). The van der Waals surface area contributed by atoms with Crippen molar-refractivity contribution in [3.05, 3.63) is 0 Å². The Labute approximate surface area is 581 Å². The molecule has 9 aliphatic rings. The predicted molar refractivity (Wildman–Crippen MR) is 309 cm³/mol. The minimum atomic E-state index is -2.50. The quantitative estimate of drug-likeness (QED) is 0.0382. The molecule has 47 nitrogen and oxygen atoms in total. The normalized spacial score (nSPS) is 52.4. The fraction of sp³-hybridized carbons (Fsp3) is 0.982. The van der Waals surface area contributed by atoms with Crippen LogP contribution in [-0.4, -0.2) is 485 Å². The number of ether oxygens (including phenoxy) is 17. The van der Waals surface area contributed by atoms with E-state index < -0.39 is 342 Å². The average Bonchev–Trinajstić information content (AvgIpc) is 0.813. The number of aliphatic hydroxyl groups excluding tert-OH is 28. The van der Waals surface area contributed by atoms with Gasteiger partial charge in [0.25, 0.3) is 0 Å². The van der Waals surface area contributed by atoms with E-state index >= 15 is 0 Å². The van der Waals surface area contributed by atoms with E-state index in [9.17, 15) is 148 Å². The smallest absolute Gasteiger partial charge is 0.217 e. The first kappa shape index (κ1) is 84.7. The number of amides is 1. The summed E-state index contributed by atoms with van der Waals surface area (Å²) in [5.41, 5.74) is 0. The van der Waals surface area contributed by atoms with Crippen molar-refractivity contribution in [1.29, 1.82) is 0 Å². The average molecular weight is 1520 g/mol. The molecular weight excluding hydrogens is 1420 g/mol. The Morgan fingerprint density at radius 3 is 0.874 bits per heavy atom. The standard InChI is InChI=1S/C56H95NO46/c1-11(65)57-21-30(74)42(18(8-64)89-48(21)86)98-55-41(85)46(29(73)20(97-55)10-88-50-38(82)45(99-51-36(80)32(76)23(67)13(3-59)91-51)28(72)19(96-50)9-87-49-35(79)31(75)22(66)12(2-58)90-49)101-53-39(83)43(26(70)16(6-62)93-53)100-54-40(84)44(27(71)17(7-63)94-54)102-56-47(34(78)25(69)15(5-61)95-56)103-52-37(81)33(77)24(68)14(4-60)92-52/h12-56,58-64,66-86H,2-10H2,1H3,(H,57,65)/t12-,13-,14-,15-,16-,17-,18-,19-,20-,21-,22-,23-,24-,25-,26-,27-,28-,29-,30-,31+,32+,33+,34+,35+,36+,37-,38+,39+,40-,41+,42-,43+,44+,45+,46+,47-,48?,49+,50+,51-,52-,53-,54-,55+,56-/m1/s1. The van der Waals surface area contributed by atoms with E-state index in [0.717, 1.165) is 6.92 Å². The zero-order valence-electron chi connectivity index (χ0n) is 54.2. The van der Waals surface area contributed by atoms with Crippen molar-refractivity contribution in [2.24, 2.45) is 0 Å². The molecule has 0 aliphatic carbocycles. The van der Waals surface area contributed by atoms with Crippen LogP contribution in [0.1, 0.15) is 6.92 Å². The Balaban J connectivity index is 0.987. The van der Waals surface area contributed by atoms with Crippen molar-refractivity contribution in [3.8, 4) is 0 Å². The first-order chi connectivity index (χ1) is 48.8. The van der Waals surface area contributed by atoms with Gasteiger partial charge in [-0.25, -0.2) is 0 Å². The highest BCUT2D eigenvalue weighted by Gasteiger charge is 2.60. The molecule has 29 N–H and O–H groups in total. The van der Waals surface area contributed by atoms with Gasteiger partial charge in [0.1, 0.15) is 220 Å². The molecule has 600 valence electrons. The van der Waals surface area contributed by atoms with Crippen LogP contribution in [0.5, 0.6) is 0 Å². The summed E-state index contributed by atoms with van der Waals surface area (Å²) < 4.78 is 97.2. The molecule has 0 radical (unpaired) electrons. The molecule has 0 spiro atoms. The Morgan fingerprint density at radius 2 is 0.505 bits per heavy atom. The summed E-state index contributed by atoms with van der Waals surface area (Å²) >= 11 is 0. The van der Waals surface area contributed by atoms with E-state index in [1.54, 1.807) is 0 Å². The number of carbonyl (C=O) groups is 1. The van der Waals surface area contributed by atoms with E-state index in [4.69, 9.17) is 80.5 Å². The number of hydrogen-bond acceptors (Lipinski definition) is 46. The molecular formula is C56H95NO46. The molecule has 0 bridgehead atoms. The van der Waals surface area contributed by atoms with Gasteiger partial charge in [0.2, 0.25) is 5.91 Å².